The Labute approximate surface area is 130 Å². The summed E-state index contributed by atoms with van der Waals surface area (Å²) in [6.45, 7) is 3.96. The molecule has 0 spiro atoms. The summed E-state index contributed by atoms with van der Waals surface area (Å²) in [5, 5.41) is 4.52. The van der Waals surface area contributed by atoms with Crippen molar-refractivity contribution in [2.24, 2.45) is 0 Å². The first-order chi connectivity index (χ1) is 10.1. The molecule has 2 aromatic heterocycles. The highest BCUT2D eigenvalue weighted by Crippen LogP contribution is 2.30. The van der Waals surface area contributed by atoms with Gasteiger partial charge in [-0.3, -0.25) is 0 Å². The van der Waals surface area contributed by atoms with E-state index in [1.807, 2.05) is 13.0 Å². The lowest BCUT2D eigenvalue weighted by atomic mass is 10.2. The molecule has 3 rings (SSSR count). The van der Waals surface area contributed by atoms with E-state index >= 15 is 0 Å². The van der Waals surface area contributed by atoms with Crippen molar-refractivity contribution in [2.75, 3.05) is 5.73 Å². The lowest BCUT2D eigenvalue weighted by molar-refractivity contribution is 0.425. The first-order valence-electron chi connectivity index (χ1n) is 6.37. The number of hydrogen-bond acceptors (Lipinski definition) is 7. The van der Waals surface area contributed by atoms with E-state index in [0.29, 0.717) is 22.6 Å². The highest BCUT2D eigenvalue weighted by atomic mass is 32.2. The zero-order valence-electron chi connectivity index (χ0n) is 11.7. The maximum atomic E-state index is 5.69. The SMILES string of the molecule is Cc1cccc(SCc2noc(-c3sc(N)nc3C)n2)c1. The van der Waals surface area contributed by atoms with Crippen LogP contribution in [0, 0.1) is 13.8 Å². The molecule has 1 aromatic carbocycles. The van der Waals surface area contributed by atoms with Crippen LogP contribution in [0.15, 0.2) is 33.7 Å². The van der Waals surface area contributed by atoms with Gasteiger partial charge in [0, 0.05) is 4.90 Å². The molecule has 0 unspecified atom stereocenters. The van der Waals surface area contributed by atoms with E-state index in [1.54, 1.807) is 11.8 Å². The molecule has 0 fully saturated rings. The van der Waals surface area contributed by atoms with E-state index < -0.39 is 0 Å². The van der Waals surface area contributed by atoms with Gasteiger partial charge in [0.15, 0.2) is 11.0 Å². The molecule has 2 heterocycles. The fourth-order valence-electron chi connectivity index (χ4n) is 1.87. The van der Waals surface area contributed by atoms with Crippen molar-refractivity contribution in [3.05, 3.63) is 41.3 Å². The monoisotopic (exact) mass is 318 g/mol. The Morgan fingerprint density at radius 1 is 1.29 bits per heavy atom. The van der Waals surface area contributed by atoms with Gasteiger partial charge in [-0.2, -0.15) is 4.98 Å². The Kier molecular flexibility index (Phi) is 3.94. The van der Waals surface area contributed by atoms with Crippen molar-refractivity contribution in [2.45, 2.75) is 24.5 Å². The van der Waals surface area contributed by atoms with Gasteiger partial charge in [-0.05, 0) is 26.0 Å². The molecule has 3 aromatic rings. The molecule has 0 bridgehead atoms. The highest BCUT2D eigenvalue weighted by Gasteiger charge is 2.15. The van der Waals surface area contributed by atoms with Crippen LogP contribution in [0.5, 0.6) is 0 Å². The number of anilines is 1. The van der Waals surface area contributed by atoms with E-state index in [4.69, 9.17) is 10.3 Å². The molecule has 2 N–H and O–H groups in total. The zero-order valence-corrected chi connectivity index (χ0v) is 13.3. The number of nitrogens with two attached hydrogens (primary N) is 1. The Balaban J connectivity index is 1.72. The smallest absolute Gasteiger partial charge is 0.270 e. The topological polar surface area (TPSA) is 77.8 Å². The fourth-order valence-corrected chi connectivity index (χ4v) is 3.49. The molecule has 0 radical (unpaired) electrons. The van der Waals surface area contributed by atoms with Gasteiger partial charge < -0.3 is 10.3 Å². The fraction of sp³-hybridized carbons (Fsp3) is 0.214. The van der Waals surface area contributed by atoms with Gasteiger partial charge in [0.05, 0.1) is 11.4 Å². The van der Waals surface area contributed by atoms with Gasteiger partial charge in [0.25, 0.3) is 5.89 Å². The third kappa shape index (κ3) is 3.25. The number of thiazole rings is 1. The van der Waals surface area contributed by atoms with Crippen LogP contribution in [0.1, 0.15) is 17.1 Å². The maximum Gasteiger partial charge on any atom is 0.270 e. The van der Waals surface area contributed by atoms with Crippen LogP contribution in [0.25, 0.3) is 10.8 Å². The summed E-state index contributed by atoms with van der Waals surface area (Å²) >= 11 is 3.04. The summed E-state index contributed by atoms with van der Waals surface area (Å²) in [5.41, 5.74) is 7.74. The van der Waals surface area contributed by atoms with Crippen molar-refractivity contribution in [3.63, 3.8) is 0 Å². The van der Waals surface area contributed by atoms with Crippen molar-refractivity contribution < 1.29 is 4.52 Å². The van der Waals surface area contributed by atoms with Gasteiger partial charge in [-0.25, -0.2) is 4.98 Å². The zero-order chi connectivity index (χ0) is 14.8. The molecule has 0 aliphatic carbocycles. The summed E-state index contributed by atoms with van der Waals surface area (Å²) in [6, 6.07) is 8.34. The average Bonchev–Trinajstić information content (AvgIpc) is 3.03. The number of nitrogens with zero attached hydrogens (tertiary/aromatic N) is 3. The second-order valence-corrected chi connectivity index (χ2v) is 6.67. The quantitative estimate of drug-likeness (QED) is 0.739. The molecule has 0 atom stereocenters. The van der Waals surface area contributed by atoms with E-state index in [0.717, 1.165) is 10.6 Å². The molecule has 0 amide bonds. The minimum atomic E-state index is 0.488. The van der Waals surface area contributed by atoms with Gasteiger partial charge >= 0.3 is 0 Å². The second kappa shape index (κ2) is 5.87. The number of nitrogen functional groups attached to an aromatic ring is 1. The van der Waals surface area contributed by atoms with E-state index in [2.05, 4.69) is 40.2 Å². The van der Waals surface area contributed by atoms with Crippen LogP contribution in [-0.2, 0) is 5.75 Å². The minimum Gasteiger partial charge on any atom is -0.375 e. The van der Waals surface area contributed by atoms with Gasteiger partial charge in [0.2, 0.25) is 0 Å². The molecule has 7 heteroatoms. The second-order valence-electron chi connectivity index (χ2n) is 4.59. The van der Waals surface area contributed by atoms with E-state index in [-0.39, 0.29) is 0 Å². The third-order valence-corrected chi connectivity index (χ3v) is 4.80. The lowest BCUT2D eigenvalue weighted by Crippen LogP contribution is -1.85. The highest BCUT2D eigenvalue weighted by molar-refractivity contribution is 7.98. The summed E-state index contributed by atoms with van der Waals surface area (Å²) in [7, 11) is 0. The van der Waals surface area contributed by atoms with E-state index in [9.17, 15) is 0 Å². The number of benzene rings is 1. The first-order valence-corrected chi connectivity index (χ1v) is 8.17. The molecular formula is C14H14N4OS2. The number of thioether (sulfide) groups is 1. The summed E-state index contributed by atoms with van der Waals surface area (Å²) in [5.74, 6) is 1.82. The third-order valence-electron chi connectivity index (χ3n) is 2.83. The lowest BCUT2D eigenvalue weighted by Gasteiger charge is -1.99. The first kappa shape index (κ1) is 14.1. The molecule has 21 heavy (non-hydrogen) atoms. The predicted octanol–water partition coefficient (Wildman–Crippen LogP) is 3.68. The van der Waals surface area contributed by atoms with Gasteiger partial charge in [-0.1, -0.05) is 34.2 Å². The van der Waals surface area contributed by atoms with E-state index in [1.165, 1.54) is 21.8 Å². The molecule has 0 aliphatic rings. The average molecular weight is 318 g/mol. The minimum absolute atomic E-state index is 0.488. The number of rotatable bonds is 4. The summed E-state index contributed by atoms with van der Waals surface area (Å²) in [6.07, 6.45) is 0. The summed E-state index contributed by atoms with van der Waals surface area (Å²) < 4.78 is 5.30. The summed E-state index contributed by atoms with van der Waals surface area (Å²) in [4.78, 5) is 10.6. The predicted molar refractivity (Wildman–Crippen MR) is 85.3 cm³/mol. The van der Waals surface area contributed by atoms with Crippen molar-refractivity contribution in [3.8, 4) is 10.8 Å². The van der Waals surface area contributed by atoms with Crippen molar-refractivity contribution in [1.29, 1.82) is 0 Å². The van der Waals surface area contributed by atoms with Crippen LogP contribution in [0.2, 0.25) is 0 Å². The Hall–Kier alpha value is -1.86. The normalized spacial score (nSPS) is 11.0. The van der Waals surface area contributed by atoms with Crippen molar-refractivity contribution in [1.82, 2.24) is 15.1 Å². The van der Waals surface area contributed by atoms with Gasteiger partial charge in [0.1, 0.15) is 4.88 Å². The number of aryl methyl sites for hydroxylation is 2. The van der Waals surface area contributed by atoms with Crippen LogP contribution in [-0.4, -0.2) is 15.1 Å². The standard InChI is InChI=1S/C14H14N4OS2/c1-8-4-3-5-10(6-8)20-7-11-17-13(19-18-11)12-9(2)16-14(15)21-12/h3-6H,7H2,1-2H3,(H2,15,16). The van der Waals surface area contributed by atoms with Gasteiger partial charge in [-0.15, -0.1) is 11.8 Å². The molecule has 0 aliphatic heterocycles. The molecular weight excluding hydrogens is 304 g/mol. The Morgan fingerprint density at radius 2 is 2.14 bits per heavy atom. The molecule has 108 valence electrons. The molecule has 0 saturated carbocycles. The van der Waals surface area contributed by atoms with Crippen molar-refractivity contribution >= 4 is 28.2 Å². The van der Waals surface area contributed by atoms with Crippen LogP contribution in [0.4, 0.5) is 5.13 Å². The Morgan fingerprint density at radius 3 is 2.86 bits per heavy atom. The number of hydrogen-bond donors (Lipinski definition) is 1. The Bertz CT molecular complexity index is 766. The molecule has 0 saturated heterocycles. The molecule has 5 nitrogen and oxygen atoms in total. The van der Waals surface area contributed by atoms with Crippen LogP contribution < -0.4 is 5.73 Å². The van der Waals surface area contributed by atoms with Crippen LogP contribution in [0.3, 0.4) is 0 Å². The number of aromatic nitrogens is 3. The largest absolute Gasteiger partial charge is 0.375 e. The maximum absolute atomic E-state index is 5.69. The van der Waals surface area contributed by atoms with Crippen LogP contribution >= 0.6 is 23.1 Å².